The molecule has 4 heteroatoms. The lowest BCUT2D eigenvalue weighted by molar-refractivity contribution is -0.140. The molecule has 1 fully saturated rings. The molecule has 0 aromatic heterocycles. The van der Waals surface area contributed by atoms with E-state index in [-0.39, 0.29) is 22.2 Å². The van der Waals surface area contributed by atoms with Crippen LogP contribution in [0.4, 0.5) is 0 Å². The molecular formula is C56H42N2O2. The van der Waals surface area contributed by atoms with Gasteiger partial charge in [-0.05, 0) is 202 Å². The maximum absolute atomic E-state index is 13.0. The maximum Gasteiger partial charge on any atom is 0.305 e. The standard InChI is InChI=1S/C52H36O2.2C2H3N/c1-54-31(53)8-5-19-50(20-6-3-2-4-7-20)51-29-17-18-30-28-16-14-26-24-12-10-22-21-9-11-23-25-13-15-27(29)38-36(25)41-34(23)32(21)40-33(22)35(24)42-37(26)39(28)49(52(30,50)51)47-45(42)43(40)44(41)46(47)48(38)51;2*1-3-2/h2-4,6-7,13,15,17-18,21-24,26,28H,5,8-12,14,16,19H2,1H3;2*1H3. The molecule has 9 unspecified atom stereocenters. The molecule has 2 spiro atoms. The lowest BCUT2D eigenvalue weighted by Crippen LogP contribution is -2.27. The first-order valence-electron chi connectivity index (χ1n) is 22.8. The van der Waals surface area contributed by atoms with Crippen LogP contribution < -0.4 is 0 Å². The van der Waals surface area contributed by atoms with E-state index in [1.165, 1.54) is 63.7 Å². The number of allylic oxidation sites excluding steroid dienone is 4. The van der Waals surface area contributed by atoms with Crippen molar-refractivity contribution in [3.63, 3.8) is 0 Å². The average Bonchev–Trinajstić information content (AvgIpc) is 3.92. The number of carbonyl (C=O) groups is 1. The number of fused-ring (bicyclic) bond motifs is 5. The number of methoxy groups -OCH3 is 1. The minimum Gasteiger partial charge on any atom is -0.469 e. The van der Waals surface area contributed by atoms with Gasteiger partial charge in [0, 0.05) is 34.5 Å². The number of ether oxygens (including phenoxy) is 1. The Kier molecular flexibility index (Phi) is 5.13. The minimum atomic E-state index is -0.160. The number of esters is 1. The molecule has 0 saturated heterocycles. The highest BCUT2D eigenvalue weighted by molar-refractivity contribution is 6.44. The number of benzene rings is 6. The second-order valence-electron chi connectivity index (χ2n) is 20.3. The fourth-order valence-corrected chi connectivity index (χ4v) is 19.0. The summed E-state index contributed by atoms with van der Waals surface area (Å²) in [4.78, 5) is 18.5. The van der Waals surface area contributed by atoms with E-state index in [2.05, 4.69) is 64.3 Å². The number of carbonyl (C=O) groups excluding carboxylic acids is 1. The lowest BCUT2D eigenvalue weighted by atomic mass is 9.67. The van der Waals surface area contributed by atoms with E-state index >= 15 is 0 Å². The number of rotatable bonds is 5. The maximum atomic E-state index is 13.0. The highest BCUT2D eigenvalue weighted by Gasteiger charge is 2.95. The Morgan fingerprint density at radius 2 is 1.27 bits per heavy atom. The third-order valence-corrected chi connectivity index (χ3v) is 19.5. The van der Waals surface area contributed by atoms with E-state index in [1.54, 1.807) is 94.7 Å². The summed E-state index contributed by atoms with van der Waals surface area (Å²) < 4.78 is 5.33. The molecule has 0 N–H and O–H groups in total. The first kappa shape index (κ1) is 32.1. The van der Waals surface area contributed by atoms with Gasteiger partial charge in [0.15, 0.2) is 0 Å². The van der Waals surface area contributed by atoms with E-state index in [1.807, 2.05) is 27.8 Å². The van der Waals surface area contributed by atoms with Crippen LogP contribution in [0.2, 0.25) is 0 Å². The van der Waals surface area contributed by atoms with Crippen molar-refractivity contribution in [1.82, 2.24) is 0 Å². The highest BCUT2D eigenvalue weighted by atomic mass is 16.5. The monoisotopic (exact) mass is 774 g/mol. The van der Waals surface area contributed by atoms with Crippen molar-refractivity contribution < 1.29 is 9.53 Å². The molecule has 1 saturated carbocycles. The molecule has 18 rings (SSSR count). The van der Waals surface area contributed by atoms with Crippen LogP contribution in [0.5, 0.6) is 0 Å². The van der Waals surface area contributed by atoms with Gasteiger partial charge in [-0.15, -0.1) is 0 Å². The molecule has 0 aliphatic heterocycles. The molecule has 0 heterocycles. The zero-order chi connectivity index (χ0) is 39.7. The van der Waals surface area contributed by atoms with E-state index in [4.69, 9.17) is 17.9 Å². The normalized spacial score (nSPS) is 33.1. The number of hydrogen-bond acceptors (Lipinski definition) is 2. The van der Waals surface area contributed by atoms with Gasteiger partial charge < -0.3 is 14.4 Å². The van der Waals surface area contributed by atoms with Crippen molar-refractivity contribution in [2.75, 3.05) is 21.2 Å². The molecule has 0 radical (unpaired) electrons. The molecule has 12 aliphatic rings. The molecule has 0 bridgehead atoms. The van der Waals surface area contributed by atoms with Crippen LogP contribution in [-0.4, -0.2) is 27.2 Å². The zero-order valence-corrected chi connectivity index (χ0v) is 34.2. The van der Waals surface area contributed by atoms with Gasteiger partial charge in [0.25, 0.3) is 0 Å². The molecule has 4 nitrogen and oxygen atoms in total. The van der Waals surface area contributed by atoms with Crippen LogP contribution in [0, 0.1) is 13.1 Å². The summed E-state index contributed by atoms with van der Waals surface area (Å²) in [5, 5.41) is 13.7. The van der Waals surface area contributed by atoms with Crippen molar-refractivity contribution in [2.45, 2.75) is 110 Å². The Labute approximate surface area is 348 Å². The molecule has 0 amide bonds. The van der Waals surface area contributed by atoms with Gasteiger partial charge in [-0.1, -0.05) is 54.6 Å². The summed E-state index contributed by atoms with van der Waals surface area (Å²) in [6.07, 6.45) is 15.8. The molecule has 6 aromatic rings. The first-order chi connectivity index (χ1) is 29.5. The van der Waals surface area contributed by atoms with Crippen molar-refractivity contribution in [1.29, 1.82) is 0 Å². The van der Waals surface area contributed by atoms with E-state index in [9.17, 15) is 4.79 Å². The van der Waals surface area contributed by atoms with Crippen LogP contribution in [0.3, 0.4) is 0 Å². The Morgan fingerprint density at radius 3 is 1.98 bits per heavy atom. The van der Waals surface area contributed by atoms with Crippen molar-refractivity contribution in [2.24, 2.45) is 0 Å². The molecule has 9 atom stereocenters. The van der Waals surface area contributed by atoms with Crippen LogP contribution in [0.1, 0.15) is 154 Å². The fourth-order valence-electron chi connectivity index (χ4n) is 19.0. The Balaban J connectivity index is 0.000000525. The first-order valence-corrected chi connectivity index (χ1v) is 22.8. The van der Waals surface area contributed by atoms with Gasteiger partial charge in [-0.3, -0.25) is 4.79 Å². The average molecular weight is 775 g/mol. The summed E-state index contributed by atoms with van der Waals surface area (Å²) in [5.41, 5.74) is 25.5. The third kappa shape index (κ3) is 2.57. The van der Waals surface area contributed by atoms with Gasteiger partial charge in [0.05, 0.1) is 7.11 Å². The predicted molar refractivity (Wildman–Crippen MR) is 237 cm³/mol. The summed E-state index contributed by atoms with van der Waals surface area (Å²) in [7, 11) is 4.40. The zero-order valence-electron chi connectivity index (χ0n) is 34.2. The van der Waals surface area contributed by atoms with Gasteiger partial charge >= 0.3 is 5.97 Å². The van der Waals surface area contributed by atoms with Crippen molar-refractivity contribution >= 4 is 54.6 Å². The number of nitrogens with zero attached hydrogens (tertiary/aromatic N) is 2. The summed E-state index contributed by atoms with van der Waals surface area (Å²) in [6.45, 7) is 11.7. The van der Waals surface area contributed by atoms with E-state index in [0.717, 1.165) is 24.7 Å². The van der Waals surface area contributed by atoms with Crippen LogP contribution in [0.25, 0.3) is 69.5 Å². The van der Waals surface area contributed by atoms with E-state index in [0.29, 0.717) is 30.1 Å². The predicted octanol–water partition coefficient (Wildman–Crippen LogP) is 12.8. The highest BCUT2D eigenvalue weighted by Crippen LogP contribution is 2.97. The third-order valence-electron chi connectivity index (χ3n) is 19.5. The smallest absolute Gasteiger partial charge is 0.305 e. The van der Waals surface area contributed by atoms with Gasteiger partial charge in [-0.2, -0.15) is 0 Å². The topological polar surface area (TPSA) is 35.0 Å². The molecule has 60 heavy (non-hydrogen) atoms. The largest absolute Gasteiger partial charge is 0.469 e. The lowest BCUT2D eigenvalue weighted by Gasteiger charge is -2.36. The molecule has 12 aliphatic carbocycles. The van der Waals surface area contributed by atoms with Crippen LogP contribution in [-0.2, 0) is 25.8 Å². The van der Waals surface area contributed by atoms with E-state index < -0.39 is 0 Å². The van der Waals surface area contributed by atoms with Crippen LogP contribution >= 0.6 is 0 Å². The second kappa shape index (κ2) is 9.59. The van der Waals surface area contributed by atoms with Gasteiger partial charge in [0.1, 0.15) is 0 Å². The number of hydrogen-bond donors (Lipinski definition) is 0. The van der Waals surface area contributed by atoms with Crippen molar-refractivity contribution in [3.05, 3.63) is 144 Å². The molecular weight excluding hydrogens is 733 g/mol. The second-order valence-corrected chi connectivity index (χ2v) is 20.3. The SMILES string of the molecule is COC(=O)CCCC1(c2ccccc2)C23C4=CC=C5c6ccc7c8c6c(c6c9c8c8c%10c%11c%12c%13c%14c%15c(c2c-6c%14c%119)C4CCC%15C%13CCC%12C%10CCC78)C513.[C-]#[N+]C.[C-]#[N+]C. The van der Waals surface area contributed by atoms with Gasteiger partial charge in [-0.25, -0.2) is 13.1 Å². The quantitative estimate of drug-likeness (QED) is 0.0992. The summed E-state index contributed by atoms with van der Waals surface area (Å²) >= 11 is 0. The Morgan fingerprint density at radius 1 is 0.650 bits per heavy atom. The Hall–Kier alpha value is -5.71. The molecule has 6 aromatic carbocycles. The fraction of sp³-hybridized carbons (Fsp3) is 0.375. The summed E-state index contributed by atoms with van der Waals surface area (Å²) in [6, 6.07) is 17.1. The van der Waals surface area contributed by atoms with Gasteiger partial charge in [0.2, 0.25) is 14.1 Å². The minimum absolute atomic E-state index is 0.0716. The van der Waals surface area contributed by atoms with Crippen molar-refractivity contribution in [3.8, 4) is 11.1 Å². The Bertz CT molecular complexity index is 3450. The van der Waals surface area contributed by atoms with Crippen LogP contribution in [0.15, 0.2) is 60.2 Å². The molecule has 288 valence electrons. The summed E-state index contributed by atoms with van der Waals surface area (Å²) in [5.74, 6) is 3.82.